The van der Waals surface area contributed by atoms with Crippen LogP contribution in [0.5, 0.6) is 5.75 Å². The van der Waals surface area contributed by atoms with Gasteiger partial charge in [-0.1, -0.05) is 32.9 Å². The van der Waals surface area contributed by atoms with Gasteiger partial charge in [-0.2, -0.15) is 0 Å². The molecule has 4 rings (SSSR count). The summed E-state index contributed by atoms with van der Waals surface area (Å²) in [6.07, 6.45) is 7.33. The quantitative estimate of drug-likeness (QED) is 0.364. The summed E-state index contributed by atoms with van der Waals surface area (Å²) in [5, 5.41) is 9.48. The Morgan fingerprint density at radius 2 is 2.09 bits per heavy atom. The third-order valence-electron chi connectivity index (χ3n) is 8.46. The van der Waals surface area contributed by atoms with Crippen LogP contribution < -0.4 is 4.74 Å². The van der Waals surface area contributed by atoms with E-state index in [1.165, 1.54) is 18.9 Å². The maximum atomic E-state index is 12.0. The van der Waals surface area contributed by atoms with E-state index in [9.17, 15) is 14.7 Å². The highest BCUT2D eigenvalue weighted by Crippen LogP contribution is 2.62. The predicted octanol–water partition coefficient (Wildman–Crippen LogP) is 5.72. The molecule has 2 saturated carbocycles. The molecule has 0 radical (unpaired) electrons. The van der Waals surface area contributed by atoms with Crippen LogP contribution in [0.3, 0.4) is 0 Å². The van der Waals surface area contributed by atoms with Gasteiger partial charge in [0.15, 0.2) is 12.0 Å². The molecule has 1 heterocycles. The van der Waals surface area contributed by atoms with Crippen molar-refractivity contribution < 1.29 is 23.8 Å². The highest BCUT2D eigenvalue weighted by molar-refractivity contribution is 5.85. The summed E-state index contributed by atoms with van der Waals surface area (Å²) in [5.41, 5.74) is 3.71. The third kappa shape index (κ3) is 3.63. The highest BCUT2D eigenvalue weighted by Gasteiger charge is 2.54. The van der Waals surface area contributed by atoms with Gasteiger partial charge in [0.05, 0.1) is 6.42 Å². The number of carboxylic acids is 1. The van der Waals surface area contributed by atoms with E-state index in [-0.39, 0.29) is 17.3 Å². The van der Waals surface area contributed by atoms with Gasteiger partial charge in [-0.3, -0.25) is 9.59 Å². The van der Waals surface area contributed by atoms with Crippen LogP contribution in [0.25, 0.3) is 11.1 Å². The van der Waals surface area contributed by atoms with Crippen molar-refractivity contribution >= 4 is 23.0 Å². The molecule has 2 aromatic rings. The zero-order valence-electron chi connectivity index (χ0n) is 19.5. The van der Waals surface area contributed by atoms with E-state index in [4.69, 9.17) is 9.15 Å². The number of nitrogens with zero attached hydrogens (tertiary/aromatic N) is 1. The number of carbonyl (C=O) groups is 2. The third-order valence-corrected chi connectivity index (χ3v) is 8.46. The van der Waals surface area contributed by atoms with Gasteiger partial charge in [-0.05, 0) is 67.3 Å². The molecule has 6 heteroatoms. The Labute approximate surface area is 189 Å². The van der Waals surface area contributed by atoms with Gasteiger partial charge in [-0.15, -0.1) is 0 Å². The Morgan fingerprint density at radius 1 is 1.34 bits per heavy atom. The van der Waals surface area contributed by atoms with Gasteiger partial charge in [0, 0.05) is 18.1 Å². The molecule has 4 atom stereocenters. The molecule has 1 aromatic heterocycles. The van der Waals surface area contributed by atoms with Crippen molar-refractivity contribution in [3.8, 4) is 5.75 Å². The summed E-state index contributed by atoms with van der Waals surface area (Å²) in [5.74, 6) is -0.265. The van der Waals surface area contributed by atoms with Crippen molar-refractivity contribution in [2.45, 2.75) is 72.6 Å². The normalized spacial score (nSPS) is 30.2. The molecular weight excluding hydrogens is 406 g/mol. The molecular formula is C26H33NO5. The summed E-state index contributed by atoms with van der Waals surface area (Å²) >= 11 is 0. The molecule has 0 unspecified atom stereocenters. The summed E-state index contributed by atoms with van der Waals surface area (Å²) < 4.78 is 11.4. The molecule has 0 saturated heterocycles. The van der Waals surface area contributed by atoms with E-state index in [1.807, 2.05) is 0 Å². The van der Waals surface area contributed by atoms with Crippen molar-refractivity contribution in [3.05, 3.63) is 35.7 Å². The summed E-state index contributed by atoms with van der Waals surface area (Å²) in [7, 11) is 0. The predicted molar refractivity (Wildman–Crippen MR) is 121 cm³/mol. The molecule has 0 amide bonds. The number of aromatic nitrogens is 1. The molecule has 32 heavy (non-hydrogen) atoms. The Kier molecular flexibility index (Phi) is 5.68. The minimum atomic E-state index is -0.986. The number of aliphatic carboxylic acids is 1. The number of hydrogen-bond acceptors (Lipinski definition) is 5. The number of benzene rings is 1. The first-order chi connectivity index (χ1) is 15.1. The molecule has 0 bridgehead atoms. The average Bonchev–Trinajstić information content (AvgIpc) is 3.17. The Bertz CT molecular complexity index is 1090. The standard InChI is InChI=1S/C26H33NO5/c1-15-7-6-8-21-25(15,4)10-9-16(2)26(21,5)13-19-23(32-17(3)28)18(12-22(29)30)11-20-24(19)31-14-27-20/h11,14,16,21H,1,6-10,12-13H2,2-5H3,(H,29,30)/t16-,21+,25+,26+/m0/s1. The second-order valence-corrected chi connectivity index (χ2v) is 10.3. The first-order valence-corrected chi connectivity index (χ1v) is 11.5. The topological polar surface area (TPSA) is 89.6 Å². The Hall–Kier alpha value is -2.63. The summed E-state index contributed by atoms with van der Waals surface area (Å²) in [6.45, 7) is 12.8. The second-order valence-electron chi connectivity index (χ2n) is 10.3. The van der Waals surface area contributed by atoms with E-state index in [2.05, 4.69) is 32.3 Å². The zero-order valence-corrected chi connectivity index (χ0v) is 19.5. The molecule has 172 valence electrons. The number of rotatable bonds is 5. The molecule has 0 aliphatic heterocycles. The van der Waals surface area contributed by atoms with Crippen molar-refractivity contribution in [2.75, 3.05) is 0 Å². The van der Waals surface area contributed by atoms with E-state index < -0.39 is 11.9 Å². The molecule has 1 aromatic carbocycles. The first kappa shape index (κ1) is 22.6. The SMILES string of the molecule is C=C1CCC[C@H]2[C@](C)(Cc3c(OC(C)=O)c(CC(=O)O)cc4ncoc34)[C@@H](C)CC[C@]12C. The zero-order chi connectivity index (χ0) is 23.3. The van der Waals surface area contributed by atoms with Crippen molar-refractivity contribution in [2.24, 2.45) is 22.7 Å². The lowest BCUT2D eigenvalue weighted by atomic mass is 9.46. The van der Waals surface area contributed by atoms with Gasteiger partial charge >= 0.3 is 11.9 Å². The van der Waals surface area contributed by atoms with Crippen LogP contribution in [0.2, 0.25) is 0 Å². The van der Waals surface area contributed by atoms with Gasteiger partial charge in [-0.25, -0.2) is 4.98 Å². The van der Waals surface area contributed by atoms with Crippen LogP contribution in [0, 0.1) is 22.7 Å². The lowest BCUT2D eigenvalue weighted by Crippen LogP contribution is -2.51. The van der Waals surface area contributed by atoms with Crippen LogP contribution >= 0.6 is 0 Å². The van der Waals surface area contributed by atoms with Crippen molar-refractivity contribution in [1.29, 1.82) is 0 Å². The lowest BCUT2D eigenvalue weighted by Gasteiger charge is -2.58. The van der Waals surface area contributed by atoms with Crippen molar-refractivity contribution in [3.63, 3.8) is 0 Å². The fourth-order valence-electron chi connectivity index (χ4n) is 6.48. The van der Waals surface area contributed by atoms with Crippen LogP contribution in [0.1, 0.15) is 70.9 Å². The smallest absolute Gasteiger partial charge is 0.308 e. The fraction of sp³-hybridized carbons (Fsp3) is 0.577. The van der Waals surface area contributed by atoms with Gasteiger partial charge in [0.25, 0.3) is 0 Å². The average molecular weight is 440 g/mol. The summed E-state index contributed by atoms with van der Waals surface area (Å²) in [6, 6.07) is 1.66. The molecule has 2 fully saturated rings. The number of hydrogen-bond donors (Lipinski definition) is 1. The van der Waals surface area contributed by atoms with Crippen molar-refractivity contribution in [1.82, 2.24) is 4.98 Å². The Morgan fingerprint density at radius 3 is 2.78 bits per heavy atom. The van der Waals surface area contributed by atoms with Gasteiger partial charge in [0.2, 0.25) is 0 Å². The van der Waals surface area contributed by atoms with Crippen LogP contribution in [0.15, 0.2) is 29.0 Å². The number of carbonyl (C=O) groups excluding carboxylic acids is 1. The molecule has 6 nitrogen and oxygen atoms in total. The molecule has 1 N–H and O–H groups in total. The molecule has 2 aliphatic carbocycles. The molecule has 0 spiro atoms. The minimum Gasteiger partial charge on any atom is -0.481 e. The van der Waals surface area contributed by atoms with E-state index >= 15 is 0 Å². The van der Waals surface area contributed by atoms with E-state index in [1.54, 1.807) is 6.07 Å². The van der Waals surface area contributed by atoms with Gasteiger partial charge < -0.3 is 14.3 Å². The maximum Gasteiger partial charge on any atom is 0.308 e. The monoisotopic (exact) mass is 439 g/mol. The number of oxazole rings is 1. The number of ether oxygens (including phenoxy) is 1. The fourth-order valence-corrected chi connectivity index (χ4v) is 6.48. The maximum absolute atomic E-state index is 12.0. The number of carboxylic acid groups (broad SMARTS) is 1. The minimum absolute atomic E-state index is 0.0836. The summed E-state index contributed by atoms with van der Waals surface area (Å²) in [4.78, 5) is 27.9. The lowest BCUT2D eigenvalue weighted by molar-refractivity contribution is -0.137. The largest absolute Gasteiger partial charge is 0.481 e. The van der Waals surface area contributed by atoms with E-state index in [0.29, 0.717) is 40.7 Å². The first-order valence-electron chi connectivity index (χ1n) is 11.5. The highest BCUT2D eigenvalue weighted by atomic mass is 16.5. The van der Waals surface area contributed by atoms with Crippen LogP contribution in [0.4, 0.5) is 0 Å². The number of fused-ring (bicyclic) bond motifs is 2. The second kappa shape index (κ2) is 8.05. The van der Waals surface area contributed by atoms with Crippen LogP contribution in [-0.4, -0.2) is 22.0 Å². The van der Waals surface area contributed by atoms with Gasteiger partial charge in [0.1, 0.15) is 11.3 Å². The Balaban J connectivity index is 1.88. The number of allylic oxidation sites excluding steroid dienone is 1. The number of esters is 1. The van der Waals surface area contributed by atoms with E-state index in [0.717, 1.165) is 37.7 Å². The van der Waals surface area contributed by atoms with Crippen LogP contribution in [-0.2, 0) is 22.4 Å². The molecule has 2 aliphatic rings.